The van der Waals surface area contributed by atoms with E-state index in [4.69, 9.17) is 0 Å². The Labute approximate surface area is 116 Å². The topological polar surface area (TPSA) is 29.1 Å². The zero-order valence-electron chi connectivity index (χ0n) is 10.1. The second kappa shape index (κ2) is 5.21. The molecule has 17 heavy (non-hydrogen) atoms. The molecule has 1 aromatic rings. The summed E-state index contributed by atoms with van der Waals surface area (Å²) >= 11 is 2.32. The number of carbonyl (C=O) groups excluding carboxylic acids is 1. The molecule has 0 spiro atoms. The molecule has 0 bridgehead atoms. The number of hydrogen-bond donors (Lipinski definition) is 1. The van der Waals surface area contributed by atoms with Crippen LogP contribution < -0.4 is 5.32 Å². The van der Waals surface area contributed by atoms with Crippen LogP contribution in [0, 0.1) is 10.5 Å². The van der Waals surface area contributed by atoms with Gasteiger partial charge in [0.25, 0.3) is 0 Å². The SMILES string of the molecule is CC1=C(Nc2cc(C)ccc2I)CCCC1=O. The summed E-state index contributed by atoms with van der Waals surface area (Å²) < 4.78 is 1.19. The molecule has 0 amide bonds. The van der Waals surface area contributed by atoms with Gasteiger partial charge in [0.15, 0.2) is 5.78 Å². The molecular formula is C14H16INO. The Morgan fingerprint density at radius 3 is 2.76 bits per heavy atom. The van der Waals surface area contributed by atoms with Crippen molar-refractivity contribution >= 4 is 34.1 Å². The summed E-state index contributed by atoms with van der Waals surface area (Å²) in [5.74, 6) is 0.279. The lowest BCUT2D eigenvalue weighted by Gasteiger charge is -2.19. The van der Waals surface area contributed by atoms with Crippen molar-refractivity contribution in [2.75, 3.05) is 5.32 Å². The molecule has 0 saturated heterocycles. The van der Waals surface area contributed by atoms with Crippen LogP contribution in [0.4, 0.5) is 5.69 Å². The molecule has 1 aliphatic rings. The number of hydrogen-bond acceptors (Lipinski definition) is 2. The van der Waals surface area contributed by atoms with Gasteiger partial charge >= 0.3 is 0 Å². The van der Waals surface area contributed by atoms with Crippen molar-refractivity contribution in [2.24, 2.45) is 0 Å². The summed E-state index contributed by atoms with van der Waals surface area (Å²) in [4.78, 5) is 11.6. The van der Waals surface area contributed by atoms with Crippen molar-refractivity contribution in [1.82, 2.24) is 0 Å². The average Bonchev–Trinajstić information content (AvgIpc) is 2.30. The predicted octanol–water partition coefficient (Wildman–Crippen LogP) is 4.04. The van der Waals surface area contributed by atoms with Gasteiger partial charge in [0.2, 0.25) is 0 Å². The second-order valence-corrected chi connectivity index (χ2v) is 5.65. The number of ketones is 1. The van der Waals surface area contributed by atoms with Crippen LogP contribution in [0.1, 0.15) is 31.7 Å². The van der Waals surface area contributed by atoms with Gasteiger partial charge in [0.05, 0.1) is 5.69 Å². The fourth-order valence-corrected chi connectivity index (χ4v) is 2.49. The number of nitrogens with one attached hydrogen (secondary N) is 1. The van der Waals surface area contributed by atoms with E-state index in [2.05, 4.69) is 53.0 Å². The Balaban J connectivity index is 2.29. The Morgan fingerprint density at radius 2 is 2.00 bits per heavy atom. The van der Waals surface area contributed by atoms with Crippen molar-refractivity contribution in [3.63, 3.8) is 0 Å². The van der Waals surface area contributed by atoms with Gasteiger partial charge in [-0.05, 0) is 67.0 Å². The van der Waals surface area contributed by atoms with Crippen LogP contribution >= 0.6 is 22.6 Å². The molecular weight excluding hydrogens is 325 g/mol. The third-order valence-corrected chi connectivity index (χ3v) is 4.05. The number of allylic oxidation sites excluding steroid dienone is 2. The lowest BCUT2D eigenvalue weighted by Crippen LogP contribution is -2.14. The minimum absolute atomic E-state index is 0.279. The van der Waals surface area contributed by atoms with E-state index in [0.717, 1.165) is 29.8 Å². The predicted molar refractivity (Wildman–Crippen MR) is 79.1 cm³/mol. The number of rotatable bonds is 2. The lowest BCUT2D eigenvalue weighted by atomic mass is 9.96. The molecule has 0 aromatic heterocycles. The molecule has 0 unspecified atom stereocenters. The summed E-state index contributed by atoms with van der Waals surface area (Å²) in [5.41, 5.74) is 4.32. The Kier molecular flexibility index (Phi) is 3.86. The van der Waals surface area contributed by atoms with Crippen molar-refractivity contribution < 1.29 is 4.79 Å². The quantitative estimate of drug-likeness (QED) is 0.823. The maximum Gasteiger partial charge on any atom is 0.160 e. The maximum atomic E-state index is 11.6. The number of benzene rings is 1. The first-order chi connectivity index (χ1) is 8.08. The van der Waals surface area contributed by atoms with E-state index in [1.54, 1.807) is 0 Å². The number of Topliss-reactive ketones (excluding diaryl/α,β-unsaturated/α-hetero) is 1. The average molecular weight is 341 g/mol. The molecule has 0 radical (unpaired) electrons. The summed E-state index contributed by atoms with van der Waals surface area (Å²) in [6, 6.07) is 6.32. The van der Waals surface area contributed by atoms with Crippen LogP contribution in [-0.4, -0.2) is 5.78 Å². The van der Waals surface area contributed by atoms with E-state index in [0.29, 0.717) is 6.42 Å². The summed E-state index contributed by atoms with van der Waals surface area (Å²) in [6.07, 6.45) is 2.63. The van der Waals surface area contributed by atoms with E-state index < -0.39 is 0 Å². The highest BCUT2D eigenvalue weighted by Crippen LogP contribution is 2.26. The van der Waals surface area contributed by atoms with Gasteiger partial charge in [-0.3, -0.25) is 4.79 Å². The van der Waals surface area contributed by atoms with E-state index in [1.807, 2.05) is 6.92 Å². The van der Waals surface area contributed by atoms with Gasteiger partial charge in [0.1, 0.15) is 0 Å². The van der Waals surface area contributed by atoms with Gasteiger partial charge in [-0.25, -0.2) is 0 Å². The van der Waals surface area contributed by atoms with Crippen molar-refractivity contribution in [3.05, 3.63) is 38.6 Å². The molecule has 0 aliphatic heterocycles. The molecule has 0 heterocycles. The van der Waals surface area contributed by atoms with Gasteiger partial charge in [0, 0.05) is 21.3 Å². The number of aryl methyl sites for hydroxylation is 1. The van der Waals surface area contributed by atoms with Gasteiger partial charge in [-0.1, -0.05) is 6.07 Å². The summed E-state index contributed by atoms with van der Waals surface area (Å²) in [5, 5.41) is 3.42. The minimum Gasteiger partial charge on any atom is -0.358 e. The molecule has 0 fully saturated rings. The van der Waals surface area contributed by atoms with Crippen molar-refractivity contribution in [2.45, 2.75) is 33.1 Å². The molecule has 90 valence electrons. The monoisotopic (exact) mass is 341 g/mol. The Morgan fingerprint density at radius 1 is 1.24 bits per heavy atom. The van der Waals surface area contributed by atoms with Crippen LogP contribution in [0.5, 0.6) is 0 Å². The molecule has 0 saturated carbocycles. The minimum atomic E-state index is 0.279. The van der Waals surface area contributed by atoms with Crippen molar-refractivity contribution in [1.29, 1.82) is 0 Å². The Hall–Kier alpha value is -0.840. The fraction of sp³-hybridized carbons (Fsp3) is 0.357. The molecule has 3 heteroatoms. The van der Waals surface area contributed by atoms with Crippen LogP contribution in [0.2, 0.25) is 0 Å². The number of anilines is 1. The molecule has 1 aromatic carbocycles. The van der Waals surface area contributed by atoms with E-state index >= 15 is 0 Å². The normalized spacial score (nSPS) is 16.3. The van der Waals surface area contributed by atoms with Crippen LogP contribution in [0.3, 0.4) is 0 Å². The summed E-state index contributed by atoms with van der Waals surface area (Å²) in [6.45, 7) is 4.00. The van der Waals surface area contributed by atoms with Crippen LogP contribution in [0.25, 0.3) is 0 Å². The zero-order chi connectivity index (χ0) is 12.4. The smallest absolute Gasteiger partial charge is 0.160 e. The highest BCUT2D eigenvalue weighted by Gasteiger charge is 2.17. The number of halogens is 1. The van der Waals surface area contributed by atoms with E-state index in [9.17, 15) is 4.79 Å². The molecule has 1 N–H and O–H groups in total. The van der Waals surface area contributed by atoms with E-state index in [-0.39, 0.29) is 5.78 Å². The largest absolute Gasteiger partial charge is 0.358 e. The zero-order valence-corrected chi connectivity index (χ0v) is 12.3. The van der Waals surface area contributed by atoms with Crippen LogP contribution in [-0.2, 0) is 4.79 Å². The third kappa shape index (κ3) is 2.89. The van der Waals surface area contributed by atoms with Crippen LogP contribution in [0.15, 0.2) is 29.5 Å². The highest BCUT2D eigenvalue weighted by molar-refractivity contribution is 14.1. The molecule has 0 atom stereocenters. The third-order valence-electron chi connectivity index (χ3n) is 3.11. The van der Waals surface area contributed by atoms with Gasteiger partial charge in [-0.2, -0.15) is 0 Å². The first-order valence-corrected chi connectivity index (χ1v) is 6.92. The first-order valence-electron chi connectivity index (χ1n) is 5.84. The van der Waals surface area contributed by atoms with Crippen molar-refractivity contribution in [3.8, 4) is 0 Å². The fourth-order valence-electron chi connectivity index (χ4n) is 2.02. The van der Waals surface area contributed by atoms with E-state index in [1.165, 1.54) is 9.13 Å². The lowest BCUT2D eigenvalue weighted by molar-refractivity contribution is -0.116. The highest BCUT2D eigenvalue weighted by atomic mass is 127. The van der Waals surface area contributed by atoms with Gasteiger partial charge in [-0.15, -0.1) is 0 Å². The maximum absolute atomic E-state index is 11.6. The summed E-state index contributed by atoms with van der Waals surface area (Å²) in [7, 11) is 0. The molecule has 2 nitrogen and oxygen atoms in total. The second-order valence-electron chi connectivity index (χ2n) is 4.49. The molecule has 2 rings (SSSR count). The molecule has 1 aliphatic carbocycles. The first kappa shape index (κ1) is 12.6. The standard InChI is InChI=1S/C14H16INO/c1-9-6-7-11(15)13(8-9)16-12-4-3-5-14(17)10(12)2/h6-8,16H,3-5H2,1-2H3. The number of carbonyl (C=O) groups is 1. The Bertz CT molecular complexity index is 491. The van der Waals surface area contributed by atoms with Gasteiger partial charge < -0.3 is 5.32 Å².